The first-order valence-electron chi connectivity index (χ1n) is 8.65. The number of aromatic nitrogens is 2. The van der Waals surface area contributed by atoms with Crippen molar-refractivity contribution in [2.45, 2.75) is 26.8 Å². The van der Waals surface area contributed by atoms with Crippen molar-refractivity contribution in [3.8, 4) is 0 Å². The van der Waals surface area contributed by atoms with E-state index in [-0.39, 0.29) is 24.0 Å². The van der Waals surface area contributed by atoms with Crippen LogP contribution in [-0.4, -0.2) is 65.7 Å². The minimum atomic E-state index is 0. The van der Waals surface area contributed by atoms with E-state index in [0.29, 0.717) is 0 Å². The van der Waals surface area contributed by atoms with Gasteiger partial charge in [-0.15, -0.1) is 35.3 Å². The molecule has 0 atom stereocenters. The fraction of sp³-hybridized carbons (Fsp3) is 0.588. The van der Waals surface area contributed by atoms with Gasteiger partial charge >= 0.3 is 0 Å². The number of hydrogen-bond donors (Lipinski definition) is 1. The standard InChI is InChI=1S/C17H26N6OS.HI/c1-13-10-15(21-24-13)12-22-6-8-23(9-7-22)17(18-3)19-5-4-16-20-11-14(2)25-16;/h10-11H,4-9,12H2,1-3H3,(H,18,19);1H. The van der Waals surface area contributed by atoms with Gasteiger partial charge in [-0.25, -0.2) is 4.98 Å². The molecule has 1 aliphatic rings. The molecule has 0 saturated carbocycles. The SMILES string of the molecule is CN=C(NCCc1ncc(C)s1)N1CCN(Cc2cc(C)on2)CC1.I. The van der Waals surface area contributed by atoms with Gasteiger partial charge < -0.3 is 14.7 Å². The Kier molecular flexibility index (Phi) is 8.29. The van der Waals surface area contributed by atoms with Crippen LogP contribution in [0.2, 0.25) is 0 Å². The predicted molar refractivity (Wildman–Crippen MR) is 115 cm³/mol. The average Bonchev–Trinajstić information content (AvgIpc) is 3.21. The van der Waals surface area contributed by atoms with E-state index in [1.54, 1.807) is 11.3 Å². The Balaban J connectivity index is 0.00000243. The highest BCUT2D eigenvalue weighted by molar-refractivity contribution is 14.0. The van der Waals surface area contributed by atoms with Crippen LogP contribution in [0.3, 0.4) is 0 Å². The summed E-state index contributed by atoms with van der Waals surface area (Å²) in [5, 5.41) is 8.72. The van der Waals surface area contributed by atoms with Crippen molar-refractivity contribution in [3.05, 3.63) is 33.6 Å². The second-order valence-corrected chi connectivity index (χ2v) is 7.60. The molecule has 0 amide bonds. The summed E-state index contributed by atoms with van der Waals surface area (Å²) in [6.45, 7) is 9.65. The normalized spacial score (nSPS) is 15.8. The molecule has 1 fully saturated rings. The van der Waals surface area contributed by atoms with Gasteiger partial charge in [-0.1, -0.05) is 5.16 Å². The molecule has 0 spiro atoms. The fourth-order valence-electron chi connectivity index (χ4n) is 2.97. The number of nitrogens with zero attached hydrogens (tertiary/aromatic N) is 5. The summed E-state index contributed by atoms with van der Waals surface area (Å²) < 4.78 is 5.14. The lowest BCUT2D eigenvalue weighted by Crippen LogP contribution is -2.52. The first-order chi connectivity index (χ1) is 12.1. The summed E-state index contributed by atoms with van der Waals surface area (Å²) in [7, 11) is 1.85. The second-order valence-electron chi connectivity index (χ2n) is 6.28. The lowest BCUT2D eigenvalue weighted by atomic mass is 10.3. The van der Waals surface area contributed by atoms with Gasteiger partial charge in [-0.05, 0) is 13.8 Å². The molecule has 26 heavy (non-hydrogen) atoms. The second kappa shape index (κ2) is 10.2. The molecule has 2 aromatic heterocycles. The summed E-state index contributed by atoms with van der Waals surface area (Å²) in [5.41, 5.74) is 1.01. The Morgan fingerprint density at radius 1 is 1.31 bits per heavy atom. The quantitative estimate of drug-likeness (QED) is 0.394. The largest absolute Gasteiger partial charge is 0.361 e. The minimum Gasteiger partial charge on any atom is -0.361 e. The zero-order valence-electron chi connectivity index (χ0n) is 15.6. The number of aliphatic imine (C=N–C) groups is 1. The van der Waals surface area contributed by atoms with Gasteiger partial charge in [-0.3, -0.25) is 9.89 Å². The predicted octanol–water partition coefficient (Wildman–Crippen LogP) is 2.30. The van der Waals surface area contributed by atoms with Crippen LogP contribution in [0, 0.1) is 13.8 Å². The van der Waals surface area contributed by atoms with Crippen molar-refractivity contribution in [1.29, 1.82) is 0 Å². The number of rotatable bonds is 5. The van der Waals surface area contributed by atoms with E-state index in [1.807, 2.05) is 26.2 Å². The smallest absolute Gasteiger partial charge is 0.193 e. The number of halogens is 1. The molecule has 0 bridgehead atoms. The Bertz CT molecular complexity index is 708. The van der Waals surface area contributed by atoms with Gasteiger partial charge in [0.1, 0.15) is 5.76 Å². The Hall–Kier alpha value is -1.20. The molecule has 3 heterocycles. The number of aryl methyl sites for hydroxylation is 2. The molecule has 1 N–H and O–H groups in total. The van der Waals surface area contributed by atoms with Crippen LogP contribution in [0.5, 0.6) is 0 Å². The van der Waals surface area contributed by atoms with Crippen molar-refractivity contribution in [3.63, 3.8) is 0 Å². The molecule has 0 unspecified atom stereocenters. The molecule has 9 heteroatoms. The van der Waals surface area contributed by atoms with Gasteiger partial charge in [0.25, 0.3) is 0 Å². The average molecular weight is 490 g/mol. The topological polar surface area (TPSA) is 69.8 Å². The summed E-state index contributed by atoms with van der Waals surface area (Å²) in [6.07, 6.45) is 2.87. The number of nitrogens with one attached hydrogen (secondary N) is 1. The van der Waals surface area contributed by atoms with Crippen molar-refractivity contribution in [2.75, 3.05) is 39.8 Å². The summed E-state index contributed by atoms with van der Waals surface area (Å²) in [4.78, 5) is 14.8. The molecule has 144 valence electrons. The van der Waals surface area contributed by atoms with Gasteiger partial charge in [0, 0.05) is 69.9 Å². The maximum atomic E-state index is 5.14. The molecule has 1 saturated heterocycles. The zero-order valence-corrected chi connectivity index (χ0v) is 18.7. The highest BCUT2D eigenvalue weighted by Gasteiger charge is 2.20. The maximum Gasteiger partial charge on any atom is 0.193 e. The third-order valence-corrected chi connectivity index (χ3v) is 5.21. The number of hydrogen-bond acceptors (Lipinski definition) is 6. The molecule has 0 aliphatic carbocycles. The van der Waals surface area contributed by atoms with Crippen LogP contribution >= 0.6 is 35.3 Å². The highest BCUT2D eigenvalue weighted by atomic mass is 127. The van der Waals surface area contributed by atoms with Gasteiger partial charge in [0.2, 0.25) is 0 Å². The zero-order chi connectivity index (χ0) is 17.6. The van der Waals surface area contributed by atoms with Crippen molar-refractivity contribution >= 4 is 41.3 Å². The van der Waals surface area contributed by atoms with Crippen LogP contribution < -0.4 is 5.32 Å². The Morgan fingerprint density at radius 3 is 2.65 bits per heavy atom. The van der Waals surface area contributed by atoms with E-state index in [2.05, 4.69) is 37.2 Å². The summed E-state index contributed by atoms with van der Waals surface area (Å²) in [5.74, 6) is 1.85. The first-order valence-corrected chi connectivity index (χ1v) is 9.47. The van der Waals surface area contributed by atoms with Crippen molar-refractivity contribution < 1.29 is 4.52 Å². The van der Waals surface area contributed by atoms with E-state index in [1.165, 1.54) is 9.88 Å². The Morgan fingerprint density at radius 2 is 2.08 bits per heavy atom. The van der Waals surface area contributed by atoms with Crippen molar-refractivity contribution in [2.24, 2.45) is 4.99 Å². The minimum absolute atomic E-state index is 0. The van der Waals surface area contributed by atoms with Crippen LogP contribution in [0.15, 0.2) is 21.8 Å². The third kappa shape index (κ3) is 5.92. The van der Waals surface area contributed by atoms with Crippen LogP contribution in [0.4, 0.5) is 0 Å². The van der Waals surface area contributed by atoms with E-state index in [9.17, 15) is 0 Å². The van der Waals surface area contributed by atoms with E-state index in [0.717, 1.165) is 63.1 Å². The van der Waals surface area contributed by atoms with E-state index >= 15 is 0 Å². The summed E-state index contributed by atoms with van der Waals surface area (Å²) in [6, 6.07) is 2.01. The summed E-state index contributed by atoms with van der Waals surface area (Å²) >= 11 is 1.76. The lowest BCUT2D eigenvalue weighted by Gasteiger charge is -2.36. The maximum absolute atomic E-state index is 5.14. The fourth-order valence-corrected chi connectivity index (χ4v) is 3.76. The van der Waals surface area contributed by atoms with E-state index < -0.39 is 0 Å². The van der Waals surface area contributed by atoms with Gasteiger partial charge in [-0.2, -0.15) is 0 Å². The molecule has 0 aromatic carbocycles. The number of guanidine groups is 1. The first kappa shape index (κ1) is 21.1. The van der Waals surface area contributed by atoms with Gasteiger partial charge in [0.05, 0.1) is 10.7 Å². The number of piperazine rings is 1. The third-order valence-electron chi connectivity index (χ3n) is 4.24. The molecule has 1 aliphatic heterocycles. The van der Waals surface area contributed by atoms with Crippen LogP contribution in [-0.2, 0) is 13.0 Å². The van der Waals surface area contributed by atoms with E-state index in [4.69, 9.17) is 4.52 Å². The lowest BCUT2D eigenvalue weighted by molar-refractivity contribution is 0.169. The molecule has 3 rings (SSSR count). The monoisotopic (exact) mass is 490 g/mol. The highest BCUT2D eigenvalue weighted by Crippen LogP contribution is 2.11. The molecule has 7 nitrogen and oxygen atoms in total. The van der Waals surface area contributed by atoms with Crippen molar-refractivity contribution in [1.82, 2.24) is 25.3 Å². The van der Waals surface area contributed by atoms with Gasteiger partial charge in [0.15, 0.2) is 5.96 Å². The molecule has 2 aromatic rings. The molecular formula is C17H27IN6OS. The van der Waals surface area contributed by atoms with Crippen LogP contribution in [0.1, 0.15) is 21.3 Å². The Labute approximate surface area is 175 Å². The molecule has 0 radical (unpaired) electrons. The number of thiazole rings is 1. The van der Waals surface area contributed by atoms with Crippen LogP contribution in [0.25, 0.3) is 0 Å². The molecular weight excluding hydrogens is 463 g/mol.